The van der Waals surface area contributed by atoms with E-state index < -0.39 is 24.0 Å². The molecular formula is C10H7BrF2NO4PS. The van der Waals surface area contributed by atoms with E-state index in [9.17, 15) is 18.1 Å². The van der Waals surface area contributed by atoms with E-state index in [1.54, 1.807) is 0 Å². The van der Waals surface area contributed by atoms with Crippen molar-refractivity contribution in [2.75, 3.05) is 0 Å². The van der Waals surface area contributed by atoms with Crippen LogP contribution in [0.5, 0.6) is 0 Å². The Morgan fingerprint density at radius 1 is 1.40 bits per heavy atom. The Bertz CT molecular complexity index is 757. The highest BCUT2D eigenvalue weighted by molar-refractivity contribution is 9.10. The van der Waals surface area contributed by atoms with Gasteiger partial charge in [-0.25, -0.2) is 0 Å². The van der Waals surface area contributed by atoms with E-state index in [4.69, 9.17) is 15.5 Å². The van der Waals surface area contributed by atoms with Crippen molar-refractivity contribution in [3.8, 4) is 0 Å². The highest BCUT2D eigenvalue weighted by Gasteiger charge is 2.53. The lowest BCUT2D eigenvalue weighted by Crippen LogP contribution is -2.12. The number of benzene rings is 1. The number of hydrogen-bond donors (Lipinski definition) is 3. The number of amides is 1. The number of hydrogen-bond acceptors (Lipinski definition) is 3. The highest BCUT2D eigenvalue weighted by Crippen LogP contribution is 2.62. The van der Waals surface area contributed by atoms with Gasteiger partial charge in [0.2, 0.25) is 5.91 Å². The first-order valence-corrected chi connectivity index (χ1v) is 8.23. The summed E-state index contributed by atoms with van der Waals surface area (Å²) >= 11 is 3.44. The molecular weight excluding hydrogens is 379 g/mol. The summed E-state index contributed by atoms with van der Waals surface area (Å²) in [6.07, 6.45) is 0. The van der Waals surface area contributed by atoms with Crippen LogP contribution in [0.4, 0.5) is 8.78 Å². The normalized spacial score (nSPS) is 12.8. The van der Waals surface area contributed by atoms with Gasteiger partial charge in [-0.05, 0) is 34.1 Å². The largest absolute Gasteiger partial charge is 0.400 e. The number of carbonyl (C=O) groups is 1. The molecule has 108 valence electrons. The van der Waals surface area contributed by atoms with Crippen molar-refractivity contribution >= 4 is 50.9 Å². The monoisotopic (exact) mass is 385 g/mol. The zero-order valence-electron chi connectivity index (χ0n) is 9.51. The molecule has 0 spiro atoms. The number of primary amides is 1. The molecule has 0 radical (unpaired) electrons. The van der Waals surface area contributed by atoms with E-state index in [-0.39, 0.29) is 15.4 Å². The van der Waals surface area contributed by atoms with Crippen LogP contribution in [0.1, 0.15) is 15.2 Å². The van der Waals surface area contributed by atoms with Gasteiger partial charge in [0.1, 0.15) is 4.88 Å². The van der Waals surface area contributed by atoms with Crippen LogP contribution in [0, 0.1) is 0 Å². The Morgan fingerprint density at radius 3 is 2.50 bits per heavy atom. The Hall–Kier alpha value is -0.860. The lowest BCUT2D eigenvalue weighted by atomic mass is 10.1. The van der Waals surface area contributed by atoms with Crippen LogP contribution in [0.2, 0.25) is 0 Å². The molecule has 1 aromatic carbocycles. The lowest BCUT2D eigenvalue weighted by Gasteiger charge is -2.16. The second-order valence-corrected chi connectivity index (χ2v) is 7.40. The molecule has 1 amide bonds. The summed E-state index contributed by atoms with van der Waals surface area (Å²) in [7, 11) is -5.65. The van der Waals surface area contributed by atoms with E-state index in [1.807, 2.05) is 0 Å². The van der Waals surface area contributed by atoms with Crippen LogP contribution in [0.25, 0.3) is 10.1 Å². The second-order valence-electron chi connectivity index (χ2n) is 3.91. The van der Waals surface area contributed by atoms with Crippen molar-refractivity contribution in [3.05, 3.63) is 33.1 Å². The van der Waals surface area contributed by atoms with Gasteiger partial charge in [-0.1, -0.05) is 0 Å². The number of carbonyl (C=O) groups excluding carboxylic acids is 1. The Kier molecular flexibility index (Phi) is 3.77. The van der Waals surface area contributed by atoms with E-state index in [2.05, 4.69) is 15.9 Å². The van der Waals surface area contributed by atoms with Gasteiger partial charge in [-0.15, -0.1) is 11.3 Å². The van der Waals surface area contributed by atoms with E-state index in [0.29, 0.717) is 16.0 Å². The molecule has 0 fully saturated rings. The number of alkyl halides is 2. The van der Waals surface area contributed by atoms with Crippen molar-refractivity contribution in [3.63, 3.8) is 0 Å². The maximum absolute atomic E-state index is 13.7. The predicted molar refractivity (Wildman–Crippen MR) is 74.0 cm³/mol. The molecule has 1 heterocycles. The molecule has 0 unspecified atom stereocenters. The molecule has 20 heavy (non-hydrogen) atoms. The Labute approximate surface area is 123 Å². The van der Waals surface area contributed by atoms with Crippen LogP contribution in [-0.2, 0) is 10.2 Å². The molecule has 0 saturated heterocycles. The number of fused-ring (bicyclic) bond motifs is 1. The Morgan fingerprint density at radius 2 is 2.00 bits per heavy atom. The fourth-order valence-electron chi connectivity index (χ4n) is 1.55. The summed E-state index contributed by atoms with van der Waals surface area (Å²) < 4.78 is 38.6. The van der Waals surface area contributed by atoms with Gasteiger partial charge in [-0.2, -0.15) is 8.78 Å². The zero-order chi connectivity index (χ0) is 15.3. The van der Waals surface area contributed by atoms with E-state index in [1.165, 1.54) is 18.2 Å². The van der Waals surface area contributed by atoms with Crippen LogP contribution in [-0.4, -0.2) is 15.7 Å². The highest BCUT2D eigenvalue weighted by atomic mass is 79.9. The molecule has 0 saturated carbocycles. The van der Waals surface area contributed by atoms with E-state index in [0.717, 1.165) is 0 Å². The summed E-state index contributed by atoms with van der Waals surface area (Å²) in [5.41, 5.74) is 0.903. The topological polar surface area (TPSA) is 101 Å². The molecule has 2 aromatic rings. The molecule has 0 aliphatic rings. The average Bonchev–Trinajstić information content (AvgIpc) is 2.65. The third-order valence-electron chi connectivity index (χ3n) is 2.55. The summed E-state index contributed by atoms with van der Waals surface area (Å²) in [6.45, 7) is 0. The lowest BCUT2D eigenvalue weighted by molar-refractivity contribution is 0.0595. The van der Waals surface area contributed by atoms with Gasteiger partial charge in [-0.3, -0.25) is 9.36 Å². The van der Waals surface area contributed by atoms with E-state index >= 15 is 0 Å². The first-order chi connectivity index (χ1) is 9.05. The van der Waals surface area contributed by atoms with Gasteiger partial charge in [0.25, 0.3) is 0 Å². The second kappa shape index (κ2) is 4.85. The van der Waals surface area contributed by atoms with Crippen LogP contribution in [0.3, 0.4) is 0 Å². The Balaban J connectivity index is 2.72. The summed E-state index contributed by atoms with van der Waals surface area (Å²) in [4.78, 5) is 27.8. The standard InChI is InChI=1S/C10H7BrF2NO4PS/c11-7-5-3-4(9(14)15)1-2-6(5)20-8(7)10(12,13)19(16,17)18/h1-3H,(H2,14,15)(H2,16,17,18). The fourth-order valence-corrected chi connectivity index (χ4v) is 4.47. The predicted octanol–water partition coefficient (Wildman–Crippen LogP) is 2.99. The maximum Gasteiger partial charge on any atom is 0.400 e. The minimum Gasteiger partial charge on any atom is -0.366 e. The SMILES string of the molecule is NC(=O)c1ccc2sc(C(F)(F)P(=O)(O)O)c(Br)c2c1. The smallest absolute Gasteiger partial charge is 0.366 e. The minimum atomic E-state index is -5.65. The number of halogens is 3. The quantitative estimate of drug-likeness (QED) is 0.706. The molecule has 0 atom stereocenters. The van der Waals surface area contributed by atoms with Crippen LogP contribution in [0.15, 0.2) is 22.7 Å². The van der Waals surface area contributed by atoms with Crippen LogP contribution >= 0.6 is 34.9 Å². The molecule has 0 aliphatic heterocycles. The minimum absolute atomic E-state index is 0.113. The van der Waals surface area contributed by atoms with Gasteiger partial charge < -0.3 is 15.5 Å². The number of rotatable bonds is 3. The number of nitrogens with two attached hydrogens (primary N) is 1. The molecule has 2 rings (SSSR count). The first-order valence-electron chi connectivity index (χ1n) is 5.01. The molecule has 5 nitrogen and oxygen atoms in total. The van der Waals surface area contributed by atoms with Gasteiger partial charge in [0, 0.05) is 20.1 Å². The van der Waals surface area contributed by atoms with Crippen molar-refractivity contribution < 1.29 is 27.9 Å². The molecule has 0 bridgehead atoms. The van der Waals surface area contributed by atoms with Gasteiger partial charge >= 0.3 is 13.3 Å². The third-order valence-corrected chi connectivity index (χ3v) is 5.98. The molecule has 4 N–H and O–H groups in total. The third kappa shape index (κ3) is 2.40. The van der Waals surface area contributed by atoms with Crippen molar-refractivity contribution in [2.45, 2.75) is 5.66 Å². The van der Waals surface area contributed by atoms with Crippen LogP contribution < -0.4 is 5.73 Å². The van der Waals surface area contributed by atoms with Gasteiger partial charge in [0.15, 0.2) is 0 Å². The first kappa shape index (κ1) is 15.5. The van der Waals surface area contributed by atoms with Crippen molar-refractivity contribution in [1.82, 2.24) is 0 Å². The molecule has 10 heteroatoms. The summed E-state index contributed by atoms with van der Waals surface area (Å²) in [6, 6.07) is 4.04. The summed E-state index contributed by atoms with van der Waals surface area (Å²) in [5, 5.41) is 0.245. The molecule has 1 aromatic heterocycles. The molecule has 0 aliphatic carbocycles. The van der Waals surface area contributed by atoms with Crippen molar-refractivity contribution in [2.24, 2.45) is 5.73 Å². The van der Waals surface area contributed by atoms with Gasteiger partial charge in [0.05, 0.1) is 0 Å². The summed E-state index contributed by atoms with van der Waals surface area (Å²) in [5.74, 6) is -0.728. The average molecular weight is 386 g/mol. The maximum atomic E-state index is 13.7. The zero-order valence-corrected chi connectivity index (χ0v) is 12.8. The van der Waals surface area contributed by atoms with Crippen molar-refractivity contribution in [1.29, 1.82) is 0 Å². The number of thiophene rings is 1. The fraction of sp³-hybridized carbons (Fsp3) is 0.100.